The average molecular weight is 289 g/mol. The highest BCUT2D eigenvalue weighted by Gasteiger charge is 2.24. The number of piperidine rings is 1. The molecule has 1 amide bonds. The first-order valence-corrected chi connectivity index (χ1v) is 7.76. The van der Waals surface area contributed by atoms with Crippen LogP contribution in [0, 0.1) is 0 Å². The molecule has 5 nitrogen and oxygen atoms in total. The summed E-state index contributed by atoms with van der Waals surface area (Å²) in [5.41, 5.74) is 1.80. The minimum Gasteiger partial charge on any atom is -0.479 e. The second-order valence-electron chi connectivity index (χ2n) is 5.81. The van der Waals surface area contributed by atoms with E-state index >= 15 is 0 Å². The van der Waals surface area contributed by atoms with E-state index in [2.05, 4.69) is 22.5 Å². The fourth-order valence-electron chi connectivity index (χ4n) is 2.93. The van der Waals surface area contributed by atoms with E-state index < -0.39 is 6.10 Å². The number of ether oxygens (including phenoxy) is 1. The van der Waals surface area contributed by atoms with Gasteiger partial charge in [-0.3, -0.25) is 4.79 Å². The molecule has 3 rings (SSSR count). The first kappa shape index (κ1) is 14.2. The Kier molecular flexibility index (Phi) is 4.01. The van der Waals surface area contributed by atoms with Crippen molar-refractivity contribution in [3.05, 3.63) is 18.2 Å². The maximum absolute atomic E-state index is 11.7. The molecule has 0 spiro atoms. The topological polar surface area (TPSA) is 53.6 Å². The Hall–Kier alpha value is -1.75. The van der Waals surface area contributed by atoms with E-state index in [1.807, 2.05) is 18.2 Å². The number of likely N-dealkylation sites (tertiary alicyclic amines) is 1. The van der Waals surface area contributed by atoms with E-state index in [0.29, 0.717) is 6.04 Å². The third kappa shape index (κ3) is 3.13. The highest BCUT2D eigenvalue weighted by atomic mass is 16.5. The van der Waals surface area contributed by atoms with Crippen LogP contribution >= 0.6 is 0 Å². The summed E-state index contributed by atoms with van der Waals surface area (Å²) in [5, 5.41) is 6.46. The van der Waals surface area contributed by atoms with E-state index in [4.69, 9.17) is 4.74 Å². The molecule has 0 aromatic heterocycles. The van der Waals surface area contributed by atoms with Crippen molar-refractivity contribution in [2.45, 2.75) is 38.8 Å². The smallest absolute Gasteiger partial charge is 0.265 e. The lowest BCUT2D eigenvalue weighted by Gasteiger charge is -2.32. The van der Waals surface area contributed by atoms with Crippen LogP contribution in [0.2, 0.25) is 0 Å². The Morgan fingerprint density at radius 2 is 2.14 bits per heavy atom. The maximum Gasteiger partial charge on any atom is 0.265 e. The van der Waals surface area contributed by atoms with Crippen molar-refractivity contribution in [1.82, 2.24) is 4.90 Å². The lowest BCUT2D eigenvalue weighted by Crippen LogP contribution is -2.39. The van der Waals surface area contributed by atoms with Crippen LogP contribution in [0.4, 0.5) is 11.4 Å². The van der Waals surface area contributed by atoms with Crippen molar-refractivity contribution >= 4 is 17.3 Å². The molecule has 2 N–H and O–H groups in total. The zero-order chi connectivity index (χ0) is 14.8. The number of carbonyl (C=O) groups is 1. The van der Waals surface area contributed by atoms with Gasteiger partial charge in [-0.25, -0.2) is 0 Å². The molecular weight excluding hydrogens is 266 g/mol. The van der Waals surface area contributed by atoms with Crippen LogP contribution in [-0.2, 0) is 4.79 Å². The zero-order valence-corrected chi connectivity index (χ0v) is 12.7. The summed E-state index contributed by atoms with van der Waals surface area (Å²) in [4.78, 5) is 14.1. The van der Waals surface area contributed by atoms with Crippen LogP contribution in [0.15, 0.2) is 18.2 Å². The molecule has 1 unspecified atom stereocenters. The molecule has 2 aliphatic heterocycles. The van der Waals surface area contributed by atoms with Gasteiger partial charge in [0.15, 0.2) is 6.10 Å². The van der Waals surface area contributed by atoms with Gasteiger partial charge in [0.05, 0.1) is 5.69 Å². The van der Waals surface area contributed by atoms with E-state index in [0.717, 1.165) is 49.6 Å². The standard InChI is InChI=1S/C16H23N3O2/c1-3-19-8-6-12(7-9-19)17-13-4-5-15-14(10-13)18-16(20)11(2)21-15/h4-5,10-12,17H,3,6-9H2,1-2H3,(H,18,20). The molecule has 2 heterocycles. The number of carbonyl (C=O) groups excluding carboxylic acids is 1. The minimum atomic E-state index is -0.422. The lowest BCUT2D eigenvalue weighted by atomic mass is 10.0. The van der Waals surface area contributed by atoms with Gasteiger partial charge in [-0.2, -0.15) is 0 Å². The molecule has 114 valence electrons. The first-order chi connectivity index (χ1) is 10.2. The van der Waals surface area contributed by atoms with E-state index in [9.17, 15) is 4.79 Å². The third-order valence-corrected chi connectivity index (χ3v) is 4.32. The van der Waals surface area contributed by atoms with Gasteiger partial charge in [0.2, 0.25) is 0 Å². The minimum absolute atomic E-state index is 0.0871. The summed E-state index contributed by atoms with van der Waals surface area (Å²) >= 11 is 0. The zero-order valence-electron chi connectivity index (χ0n) is 12.7. The number of amides is 1. The summed E-state index contributed by atoms with van der Waals surface area (Å²) in [7, 11) is 0. The molecule has 1 aromatic carbocycles. The summed E-state index contributed by atoms with van der Waals surface area (Å²) in [6.07, 6.45) is 1.89. The second-order valence-corrected chi connectivity index (χ2v) is 5.81. The number of hydrogen-bond acceptors (Lipinski definition) is 4. The predicted molar refractivity (Wildman–Crippen MR) is 83.9 cm³/mol. The fourth-order valence-corrected chi connectivity index (χ4v) is 2.93. The van der Waals surface area contributed by atoms with E-state index in [-0.39, 0.29) is 5.91 Å². The molecule has 1 atom stereocenters. The Morgan fingerprint density at radius 1 is 1.38 bits per heavy atom. The molecule has 1 fully saturated rings. The van der Waals surface area contributed by atoms with Gasteiger partial charge in [-0.1, -0.05) is 6.92 Å². The largest absolute Gasteiger partial charge is 0.479 e. The predicted octanol–water partition coefficient (Wildman–Crippen LogP) is 2.30. The van der Waals surface area contributed by atoms with Crippen molar-refractivity contribution in [2.75, 3.05) is 30.3 Å². The fraction of sp³-hybridized carbons (Fsp3) is 0.562. The summed E-state index contributed by atoms with van der Waals surface area (Å²) < 4.78 is 5.57. The number of nitrogens with one attached hydrogen (secondary N) is 2. The van der Waals surface area contributed by atoms with Gasteiger partial charge >= 0.3 is 0 Å². The molecule has 21 heavy (non-hydrogen) atoms. The van der Waals surface area contributed by atoms with Gasteiger partial charge in [0.1, 0.15) is 5.75 Å². The first-order valence-electron chi connectivity index (χ1n) is 7.76. The van der Waals surface area contributed by atoms with Gasteiger partial charge in [-0.05, 0) is 44.5 Å². The summed E-state index contributed by atoms with van der Waals surface area (Å²) in [6, 6.07) is 6.42. The normalized spacial score (nSPS) is 23.1. The lowest BCUT2D eigenvalue weighted by molar-refractivity contribution is -0.122. The highest BCUT2D eigenvalue weighted by molar-refractivity contribution is 5.98. The van der Waals surface area contributed by atoms with Crippen LogP contribution in [0.3, 0.4) is 0 Å². The number of benzene rings is 1. The van der Waals surface area contributed by atoms with Crippen molar-refractivity contribution < 1.29 is 9.53 Å². The summed E-state index contributed by atoms with van der Waals surface area (Å²) in [5.74, 6) is 0.657. The molecule has 1 saturated heterocycles. The van der Waals surface area contributed by atoms with E-state index in [1.54, 1.807) is 6.92 Å². The van der Waals surface area contributed by atoms with Crippen LogP contribution in [-0.4, -0.2) is 42.6 Å². The molecular formula is C16H23N3O2. The van der Waals surface area contributed by atoms with Gasteiger partial charge < -0.3 is 20.3 Å². The van der Waals surface area contributed by atoms with Crippen molar-refractivity contribution in [2.24, 2.45) is 0 Å². The third-order valence-electron chi connectivity index (χ3n) is 4.32. The highest BCUT2D eigenvalue weighted by Crippen LogP contribution is 2.32. The van der Waals surface area contributed by atoms with Crippen molar-refractivity contribution in [3.63, 3.8) is 0 Å². The quantitative estimate of drug-likeness (QED) is 0.896. The molecule has 2 aliphatic rings. The Morgan fingerprint density at radius 3 is 2.86 bits per heavy atom. The van der Waals surface area contributed by atoms with Crippen LogP contribution < -0.4 is 15.4 Å². The number of hydrogen-bond donors (Lipinski definition) is 2. The van der Waals surface area contributed by atoms with Crippen molar-refractivity contribution in [3.8, 4) is 5.75 Å². The number of fused-ring (bicyclic) bond motifs is 1. The Labute approximate surface area is 125 Å². The molecule has 1 aromatic rings. The average Bonchev–Trinajstić information content (AvgIpc) is 2.49. The molecule has 0 aliphatic carbocycles. The van der Waals surface area contributed by atoms with Crippen LogP contribution in [0.1, 0.15) is 26.7 Å². The van der Waals surface area contributed by atoms with Crippen LogP contribution in [0.25, 0.3) is 0 Å². The summed E-state index contributed by atoms with van der Waals surface area (Å²) in [6.45, 7) is 7.40. The second kappa shape index (κ2) is 5.93. The molecule has 0 saturated carbocycles. The Bertz CT molecular complexity index is 524. The van der Waals surface area contributed by atoms with Crippen LogP contribution in [0.5, 0.6) is 5.75 Å². The van der Waals surface area contributed by atoms with Gasteiger partial charge in [0.25, 0.3) is 5.91 Å². The maximum atomic E-state index is 11.7. The van der Waals surface area contributed by atoms with Crippen molar-refractivity contribution in [1.29, 1.82) is 0 Å². The number of anilines is 2. The van der Waals surface area contributed by atoms with Gasteiger partial charge in [-0.15, -0.1) is 0 Å². The molecule has 0 radical (unpaired) electrons. The SMILES string of the molecule is CCN1CCC(Nc2ccc3c(c2)NC(=O)C(C)O3)CC1. The van der Waals surface area contributed by atoms with E-state index in [1.165, 1.54) is 0 Å². The molecule has 5 heteroatoms. The Balaban J connectivity index is 1.65. The van der Waals surface area contributed by atoms with Gasteiger partial charge in [0, 0.05) is 24.8 Å². The number of nitrogens with zero attached hydrogens (tertiary/aromatic N) is 1. The number of rotatable bonds is 3. The molecule has 0 bridgehead atoms. The monoisotopic (exact) mass is 289 g/mol.